The second-order valence-electron chi connectivity index (χ2n) is 3.83. The number of benzene rings is 1. The largest absolute Gasteiger partial charge is 0.362 e. The fourth-order valence-electron chi connectivity index (χ4n) is 1.15. The van der Waals surface area contributed by atoms with Gasteiger partial charge in [0.1, 0.15) is 6.17 Å². The number of halogens is 3. The highest BCUT2D eigenvalue weighted by Gasteiger charge is 2.34. The lowest BCUT2D eigenvalue weighted by Gasteiger charge is -2.28. The van der Waals surface area contributed by atoms with Crippen LogP contribution in [0.15, 0.2) is 30.3 Å². The zero-order valence-electron chi connectivity index (χ0n) is 9.95. The number of carbonyl (C=O) groups is 1. The predicted molar refractivity (Wildman–Crippen MR) is 76.4 cm³/mol. The van der Waals surface area contributed by atoms with Crippen molar-refractivity contribution < 1.29 is 4.79 Å². The molecule has 0 saturated heterocycles. The molecule has 0 spiro atoms. The first-order valence-corrected chi connectivity index (χ1v) is 6.30. The van der Waals surface area contributed by atoms with Gasteiger partial charge in [0.15, 0.2) is 0 Å². The monoisotopic (exact) mass is 309 g/mol. The Labute approximate surface area is 121 Å². The molecule has 1 atom stereocenters. The van der Waals surface area contributed by atoms with Gasteiger partial charge < -0.3 is 15.5 Å². The van der Waals surface area contributed by atoms with Gasteiger partial charge in [-0.05, 0) is 12.1 Å². The van der Waals surface area contributed by atoms with E-state index >= 15 is 0 Å². The number of urea groups is 1. The molecule has 0 aliphatic heterocycles. The maximum atomic E-state index is 11.6. The van der Waals surface area contributed by atoms with E-state index in [1.165, 1.54) is 4.90 Å². The summed E-state index contributed by atoms with van der Waals surface area (Å²) in [5.74, 6) is 0. The van der Waals surface area contributed by atoms with Gasteiger partial charge in [0.05, 0.1) is 0 Å². The van der Waals surface area contributed by atoms with Crippen LogP contribution >= 0.6 is 34.8 Å². The SMILES string of the molecule is CN(C)C(=O)N[C@H](Nc1ccccc1)C(Cl)(Cl)Cl. The van der Waals surface area contributed by atoms with Crippen molar-refractivity contribution in [2.45, 2.75) is 9.96 Å². The average molecular weight is 311 g/mol. The molecular formula is C11H14Cl3N3O. The fourth-order valence-corrected chi connectivity index (χ4v) is 1.48. The van der Waals surface area contributed by atoms with Gasteiger partial charge in [0.2, 0.25) is 3.79 Å². The highest BCUT2D eigenvalue weighted by atomic mass is 35.6. The van der Waals surface area contributed by atoms with E-state index in [1.54, 1.807) is 14.1 Å². The summed E-state index contributed by atoms with van der Waals surface area (Å²) in [6.07, 6.45) is -0.834. The molecule has 0 radical (unpaired) electrons. The number of nitrogens with zero attached hydrogens (tertiary/aromatic N) is 1. The van der Waals surface area contributed by atoms with E-state index in [4.69, 9.17) is 34.8 Å². The Bertz CT molecular complexity index is 392. The van der Waals surface area contributed by atoms with Crippen molar-refractivity contribution in [3.8, 4) is 0 Å². The smallest absolute Gasteiger partial charge is 0.318 e. The quantitative estimate of drug-likeness (QED) is 0.666. The summed E-state index contributed by atoms with van der Waals surface area (Å²) in [5, 5.41) is 5.54. The van der Waals surface area contributed by atoms with Crippen LogP contribution in [0.2, 0.25) is 0 Å². The molecule has 0 bridgehead atoms. The topological polar surface area (TPSA) is 44.4 Å². The second kappa shape index (κ2) is 6.36. The number of carbonyl (C=O) groups excluding carboxylic acids is 1. The van der Waals surface area contributed by atoms with Crippen molar-refractivity contribution >= 4 is 46.5 Å². The van der Waals surface area contributed by atoms with Gasteiger partial charge >= 0.3 is 6.03 Å². The lowest BCUT2D eigenvalue weighted by molar-refractivity contribution is 0.214. The van der Waals surface area contributed by atoms with Gasteiger partial charge in [-0.15, -0.1) is 0 Å². The molecule has 7 heteroatoms. The summed E-state index contributed by atoms with van der Waals surface area (Å²) >= 11 is 17.5. The highest BCUT2D eigenvalue weighted by molar-refractivity contribution is 6.68. The third kappa shape index (κ3) is 4.80. The number of para-hydroxylation sites is 1. The van der Waals surface area contributed by atoms with Crippen LogP contribution in [0, 0.1) is 0 Å². The van der Waals surface area contributed by atoms with Gasteiger partial charge in [-0.25, -0.2) is 4.79 Å². The number of rotatable bonds is 3. The Hall–Kier alpha value is -0.840. The van der Waals surface area contributed by atoms with E-state index in [9.17, 15) is 4.79 Å². The van der Waals surface area contributed by atoms with E-state index in [2.05, 4.69) is 10.6 Å². The van der Waals surface area contributed by atoms with E-state index in [0.29, 0.717) is 0 Å². The van der Waals surface area contributed by atoms with Crippen LogP contribution in [0.1, 0.15) is 0 Å². The number of hydrogen-bond donors (Lipinski definition) is 2. The maximum Gasteiger partial charge on any atom is 0.318 e. The second-order valence-corrected chi connectivity index (χ2v) is 6.20. The Morgan fingerprint density at radius 3 is 2.22 bits per heavy atom. The molecule has 0 aliphatic rings. The first kappa shape index (κ1) is 15.2. The predicted octanol–water partition coefficient (Wildman–Crippen LogP) is 3.07. The minimum Gasteiger partial charge on any atom is -0.362 e. The van der Waals surface area contributed by atoms with Crippen LogP contribution in [-0.4, -0.2) is 35.0 Å². The number of hydrogen-bond acceptors (Lipinski definition) is 2. The van der Waals surface area contributed by atoms with E-state index < -0.39 is 9.96 Å². The van der Waals surface area contributed by atoms with Gasteiger partial charge in [-0.3, -0.25) is 0 Å². The zero-order valence-corrected chi connectivity index (χ0v) is 12.2. The number of alkyl halides is 3. The van der Waals surface area contributed by atoms with Crippen molar-refractivity contribution in [1.29, 1.82) is 0 Å². The standard InChI is InChI=1S/C11H14Cl3N3O/c1-17(2)10(18)16-9(11(12,13)14)15-8-6-4-3-5-7-8/h3-7,9,15H,1-2H3,(H,16,18)/t9-/m0/s1. The lowest BCUT2D eigenvalue weighted by atomic mass is 10.3. The first-order valence-electron chi connectivity index (χ1n) is 5.17. The minimum atomic E-state index is -1.67. The molecule has 0 saturated carbocycles. The van der Waals surface area contributed by atoms with Gasteiger partial charge in [0, 0.05) is 19.8 Å². The summed E-state index contributed by atoms with van der Waals surface area (Å²) in [6.45, 7) is 0. The highest BCUT2D eigenvalue weighted by Crippen LogP contribution is 2.31. The van der Waals surface area contributed by atoms with Crippen molar-refractivity contribution in [1.82, 2.24) is 10.2 Å². The van der Waals surface area contributed by atoms with Crippen LogP contribution in [-0.2, 0) is 0 Å². The minimum absolute atomic E-state index is 0.352. The zero-order chi connectivity index (χ0) is 13.8. The van der Waals surface area contributed by atoms with Crippen molar-refractivity contribution in [3.05, 3.63) is 30.3 Å². The van der Waals surface area contributed by atoms with E-state index in [1.807, 2.05) is 30.3 Å². The molecule has 100 valence electrons. The van der Waals surface area contributed by atoms with Crippen LogP contribution in [0.3, 0.4) is 0 Å². The molecular weight excluding hydrogens is 296 g/mol. The van der Waals surface area contributed by atoms with Crippen LogP contribution < -0.4 is 10.6 Å². The van der Waals surface area contributed by atoms with Gasteiger partial charge in [-0.1, -0.05) is 53.0 Å². The van der Waals surface area contributed by atoms with Gasteiger partial charge in [0.25, 0.3) is 0 Å². The van der Waals surface area contributed by atoms with Crippen molar-refractivity contribution in [3.63, 3.8) is 0 Å². The Morgan fingerprint density at radius 1 is 1.22 bits per heavy atom. The number of nitrogens with one attached hydrogen (secondary N) is 2. The molecule has 1 rings (SSSR count). The molecule has 4 nitrogen and oxygen atoms in total. The summed E-state index contributed by atoms with van der Waals surface area (Å²) in [5.41, 5.74) is 0.743. The molecule has 0 unspecified atom stereocenters. The normalized spacial score (nSPS) is 12.7. The molecule has 0 aromatic heterocycles. The Kier molecular flexibility index (Phi) is 5.38. The van der Waals surface area contributed by atoms with Crippen LogP contribution in [0.5, 0.6) is 0 Å². The first-order chi connectivity index (χ1) is 8.30. The Balaban J connectivity index is 2.77. The molecule has 0 aliphatic carbocycles. The molecule has 1 aromatic rings. The van der Waals surface area contributed by atoms with Crippen LogP contribution in [0.25, 0.3) is 0 Å². The summed E-state index contributed by atoms with van der Waals surface area (Å²) < 4.78 is -1.67. The van der Waals surface area contributed by atoms with Crippen LogP contribution in [0.4, 0.5) is 10.5 Å². The van der Waals surface area contributed by atoms with Crippen molar-refractivity contribution in [2.24, 2.45) is 0 Å². The summed E-state index contributed by atoms with van der Waals surface area (Å²) in [4.78, 5) is 12.9. The lowest BCUT2D eigenvalue weighted by Crippen LogP contribution is -2.52. The third-order valence-electron chi connectivity index (χ3n) is 2.09. The Morgan fingerprint density at radius 2 is 1.78 bits per heavy atom. The molecule has 2 N–H and O–H groups in total. The molecule has 2 amide bonds. The van der Waals surface area contributed by atoms with Crippen molar-refractivity contribution in [2.75, 3.05) is 19.4 Å². The molecule has 1 aromatic carbocycles. The summed E-state index contributed by atoms with van der Waals surface area (Å²) in [6, 6.07) is 8.82. The summed E-state index contributed by atoms with van der Waals surface area (Å²) in [7, 11) is 3.21. The van der Waals surface area contributed by atoms with Gasteiger partial charge in [-0.2, -0.15) is 0 Å². The molecule has 0 fully saturated rings. The molecule has 18 heavy (non-hydrogen) atoms. The maximum absolute atomic E-state index is 11.6. The fraction of sp³-hybridized carbons (Fsp3) is 0.364. The van der Waals surface area contributed by atoms with E-state index in [0.717, 1.165) is 5.69 Å². The third-order valence-corrected chi connectivity index (χ3v) is 2.74. The number of amides is 2. The average Bonchev–Trinajstić information content (AvgIpc) is 2.28. The number of anilines is 1. The molecule has 0 heterocycles. The van der Waals surface area contributed by atoms with E-state index in [-0.39, 0.29) is 6.03 Å².